The average molecular weight is 321 g/mol. The van der Waals surface area contributed by atoms with Crippen molar-refractivity contribution in [3.05, 3.63) is 59.4 Å². The fourth-order valence-corrected chi connectivity index (χ4v) is 4.10. The van der Waals surface area contributed by atoms with Gasteiger partial charge in [-0.05, 0) is 24.6 Å². The van der Waals surface area contributed by atoms with Gasteiger partial charge < -0.3 is 4.74 Å². The van der Waals surface area contributed by atoms with E-state index in [0.29, 0.717) is 11.3 Å². The maximum atomic E-state index is 13.5. The van der Waals surface area contributed by atoms with Gasteiger partial charge in [0.15, 0.2) is 0 Å². The number of hydrogen-bond acceptors (Lipinski definition) is 3. The van der Waals surface area contributed by atoms with E-state index < -0.39 is 15.8 Å². The first-order valence-corrected chi connectivity index (χ1v) is 8.55. The summed E-state index contributed by atoms with van der Waals surface area (Å²) in [5.74, 6) is -0.217. The molecule has 0 amide bonds. The lowest BCUT2D eigenvalue weighted by Crippen LogP contribution is -2.38. The van der Waals surface area contributed by atoms with Crippen LogP contribution in [0.2, 0.25) is 0 Å². The molecule has 0 saturated carbocycles. The second-order valence-electron chi connectivity index (χ2n) is 5.28. The number of sulfonamides is 1. The van der Waals surface area contributed by atoms with Crippen LogP contribution in [-0.4, -0.2) is 21.6 Å². The van der Waals surface area contributed by atoms with Crippen LogP contribution >= 0.6 is 0 Å². The second kappa shape index (κ2) is 5.61. The quantitative estimate of drug-likeness (QED) is 0.873. The van der Waals surface area contributed by atoms with Crippen LogP contribution in [0.15, 0.2) is 42.5 Å². The highest BCUT2D eigenvalue weighted by Gasteiger charge is 2.29. The molecule has 0 saturated heterocycles. The highest BCUT2D eigenvalue weighted by molar-refractivity contribution is 7.92. The van der Waals surface area contributed by atoms with Gasteiger partial charge >= 0.3 is 0 Å². The Morgan fingerprint density at radius 1 is 1.23 bits per heavy atom. The van der Waals surface area contributed by atoms with Crippen LogP contribution in [-0.2, 0) is 15.8 Å². The number of nitrogens with zero attached hydrogens (tertiary/aromatic N) is 1. The third-order valence-electron chi connectivity index (χ3n) is 3.51. The predicted molar refractivity (Wildman–Crippen MR) is 83.0 cm³/mol. The molecule has 1 aliphatic heterocycles. The summed E-state index contributed by atoms with van der Waals surface area (Å²) < 4.78 is 45.5. The third kappa shape index (κ3) is 2.92. The van der Waals surface area contributed by atoms with Crippen molar-refractivity contribution in [1.29, 1.82) is 0 Å². The SMILES string of the molecule is Cc1cccc(CS(=O)(=O)N2CCOc3ccc(F)cc32)c1. The van der Waals surface area contributed by atoms with Crippen LogP contribution in [0.4, 0.5) is 10.1 Å². The zero-order chi connectivity index (χ0) is 15.7. The first kappa shape index (κ1) is 14.8. The molecule has 0 unspecified atom stereocenters. The van der Waals surface area contributed by atoms with E-state index in [1.165, 1.54) is 22.5 Å². The average Bonchev–Trinajstić information content (AvgIpc) is 2.46. The van der Waals surface area contributed by atoms with Crippen molar-refractivity contribution < 1.29 is 17.5 Å². The molecule has 1 heterocycles. The number of anilines is 1. The molecule has 0 aliphatic carbocycles. The van der Waals surface area contributed by atoms with Gasteiger partial charge in [-0.25, -0.2) is 12.8 Å². The number of halogens is 1. The highest BCUT2D eigenvalue weighted by Crippen LogP contribution is 2.34. The van der Waals surface area contributed by atoms with Crippen molar-refractivity contribution in [2.24, 2.45) is 0 Å². The Balaban J connectivity index is 1.95. The molecule has 6 heteroatoms. The molecule has 22 heavy (non-hydrogen) atoms. The molecular formula is C16H16FNO3S. The standard InChI is InChI=1S/C16H16FNO3S/c1-12-3-2-4-13(9-12)11-22(19,20)18-7-8-21-16-6-5-14(17)10-15(16)18/h2-6,9-10H,7-8,11H2,1H3. The lowest BCUT2D eigenvalue weighted by atomic mass is 10.2. The summed E-state index contributed by atoms with van der Waals surface area (Å²) in [6.07, 6.45) is 0. The van der Waals surface area contributed by atoms with Gasteiger partial charge in [0.25, 0.3) is 0 Å². The second-order valence-corrected chi connectivity index (χ2v) is 7.17. The largest absolute Gasteiger partial charge is 0.489 e. The Morgan fingerprint density at radius 2 is 2.05 bits per heavy atom. The lowest BCUT2D eigenvalue weighted by molar-refractivity contribution is 0.315. The van der Waals surface area contributed by atoms with Crippen molar-refractivity contribution in [2.45, 2.75) is 12.7 Å². The summed E-state index contributed by atoms with van der Waals surface area (Å²) in [7, 11) is -3.60. The van der Waals surface area contributed by atoms with E-state index in [2.05, 4.69) is 0 Å². The number of benzene rings is 2. The van der Waals surface area contributed by atoms with Crippen molar-refractivity contribution in [3.8, 4) is 5.75 Å². The topological polar surface area (TPSA) is 46.6 Å². The molecule has 0 radical (unpaired) electrons. The maximum absolute atomic E-state index is 13.5. The molecule has 3 rings (SSSR count). The molecule has 0 bridgehead atoms. The van der Waals surface area contributed by atoms with E-state index in [0.717, 1.165) is 5.56 Å². The molecule has 0 N–H and O–H groups in total. The number of rotatable bonds is 3. The van der Waals surface area contributed by atoms with Crippen LogP contribution in [0.5, 0.6) is 5.75 Å². The molecule has 4 nitrogen and oxygen atoms in total. The Hall–Kier alpha value is -2.08. The van der Waals surface area contributed by atoms with Gasteiger partial charge in [0, 0.05) is 6.07 Å². The molecular weight excluding hydrogens is 305 g/mol. The molecule has 0 spiro atoms. The zero-order valence-corrected chi connectivity index (χ0v) is 12.9. The summed E-state index contributed by atoms with van der Waals surface area (Å²) in [4.78, 5) is 0. The fourth-order valence-electron chi connectivity index (χ4n) is 2.55. The van der Waals surface area contributed by atoms with Crippen LogP contribution in [0.1, 0.15) is 11.1 Å². The summed E-state index contributed by atoms with van der Waals surface area (Å²) in [6.45, 7) is 2.35. The molecule has 0 fully saturated rings. The molecule has 116 valence electrons. The fraction of sp³-hybridized carbons (Fsp3) is 0.250. The number of hydrogen-bond donors (Lipinski definition) is 0. The van der Waals surface area contributed by atoms with Gasteiger partial charge in [0.1, 0.15) is 18.2 Å². The Morgan fingerprint density at radius 3 is 2.82 bits per heavy atom. The zero-order valence-electron chi connectivity index (χ0n) is 12.1. The first-order chi connectivity index (χ1) is 10.5. The number of fused-ring (bicyclic) bond motifs is 1. The van der Waals surface area contributed by atoms with Gasteiger partial charge in [0.05, 0.1) is 18.0 Å². The van der Waals surface area contributed by atoms with E-state index in [9.17, 15) is 12.8 Å². The van der Waals surface area contributed by atoms with E-state index in [-0.39, 0.29) is 24.6 Å². The van der Waals surface area contributed by atoms with Gasteiger partial charge in [0.2, 0.25) is 10.0 Å². The van der Waals surface area contributed by atoms with Gasteiger partial charge in [-0.1, -0.05) is 29.8 Å². The number of ether oxygens (including phenoxy) is 1. The van der Waals surface area contributed by atoms with Crippen LogP contribution in [0.3, 0.4) is 0 Å². The predicted octanol–water partition coefficient (Wildman–Crippen LogP) is 2.86. The Labute approximate surface area is 129 Å². The van der Waals surface area contributed by atoms with Gasteiger partial charge in [-0.2, -0.15) is 0 Å². The minimum Gasteiger partial charge on any atom is -0.489 e. The summed E-state index contributed by atoms with van der Waals surface area (Å²) in [5.41, 5.74) is 1.98. The van der Waals surface area contributed by atoms with Gasteiger partial charge in [-0.15, -0.1) is 0 Å². The van der Waals surface area contributed by atoms with Crippen molar-refractivity contribution in [3.63, 3.8) is 0 Å². The molecule has 0 aromatic heterocycles. The van der Waals surface area contributed by atoms with Crippen LogP contribution in [0.25, 0.3) is 0 Å². The van der Waals surface area contributed by atoms with Crippen molar-refractivity contribution in [1.82, 2.24) is 0 Å². The van der Waals surface area contributed by atoms with Crippen molar-refractivity contribution in [2.75, 3.05) is 17.5 Å². The minimum absolute atomic E-state index is 0.120. The number of aryl methyl sites for hydroxylation is 1. The van der Waals surface area contributed by atoms with E-state index >= 15 is 0 Å². The van der Waals surface area contributed by atoms with Crippen molar-refractivity contribution >= 4 is 15.7 Å². The summed E-state index contributed by atoms with van der Waals surface area (Å²) >= 11 is 0. The summed E-state index contributed by atoms with van der Waals surface area (Å²) in [5, 5.41) is 0. The smallest absolute Gasteiger partial charge is 0.239 e. The van der Waals surface area contributed by atoms with Crippen LogP contribution in [0, 0.1) is 12.7 Å². The minimum atomic E-state index is -3.60. The molecule has 1 aliphatic rings. The molecule has 2 aromatic rings. The third-order valence-corrected chi connectivity index (χ3v) is 5.26. The van der Waals surface area contributed by atoms with E-state index in [1.54, 1.807) is 6.07 Å². The molecule has 0 atom stereocenters. The summed E-state index contributed by atoms with van der Waals surface area (Å²) in [6, 6.07) is 11.3. The van der Waals surface area contributed by atoms with E-state index in [1.807, 2.05) is 25.1 Å². The monoisotopic (exact) mass is 321 g/mol. The van der Waals surface area contributed by atoms with Gasteiger partial charge in [-0.3, -0.25) is 4.31 Å². The first-order valence-electron chi connectivity index (χ1n) is 6.94. The van der Waals surface area contributed by atoms with E-state index in [4.69, 9.17) is 4.74 Å². The Kier molecular flexibility index (Phi) is 3.78. The highest BCUT2D eigenvalue weighted by atomic mass is 32.2. The normalized spacial score (nSPS) is 14.4. The molecule has 2 aromatic carbocycles. The van der Waals surface area contributed by atoms with Crippen LogP contribution < -0.4 is 9.04 Å². The maximum Gasteiger partial charge on any atom is 0.239 e. The Bertz CT molecular complexity index is 805. The lowest BCUT2D eigenvalue weighted by Gasteiger charge is -2.30.